The van der Waals surface area contributed by atoms with Gasteiger partial charge in [-0.1, -0.05) is 43.7 Å². The minimum atomic E-state index is -0.403. The minimum absolute atomic E-state index is 0.112. The lowest BCUT2D eigenvalue weighted by Crippen LogP contribution is -2.23. The first-order valence-electron chi connectivity index (χ1n) is 7.69. The third-order valence-corrected chi connectivity index (χ3v) is 3.75. The second-order valence-corrected chi connectivity index (χ2v) is 5.50. The second-order valence-electron chi connectivity index (χ2n) is 5.50. The van der Waals surface area contributed by atoms with Crippen molar-refractivity contribution in [3.8, 4) is 0 Å². The Morgan fingerprint density at radius 1 is 1.09 bits per heavy atom. The highest BCUT2D eigenvalue weighted by Crippen LogP contribution is 2.14. The fraction of sp³-hybridized carbons (Fsp3) is 0.158. The highest BCUT2D eigenvalue weighted by molar-refractivity contribution is 6.05. The van der Waals surface area contributed by atoms with Crippen LogP contribution >= 0.6 is 0 Å². The summed E-state index contributed by atoms with van der Waals surface area (Å²) in [7, 11) is 0. The number of carbonyl (C=O) groups excluding carboxylic acids is 1. The van der Waals surface area contributed by atoms with Gasteiger partial charge in [-0.2, -0.15) is 0 Å². The van der Waals surface area contributed by atoms with E-state index in [1.165, 1.54) is 5.56 Å². The predicted octanol–water partition coefficient (Wildman–Crippen LogP) is 3.73. The minimum Gasteiger partial charge on any atom is -0.322 e. The van der Waals surface area contributed by atoms with E-state index in [-0.39, 0.29) is 11.1 Å². The van der Waals surface area contributed by atoms with E-state index in [9.17, 15) is 9.59 Å². The Hall–Kier alpha value is -2.88. The fourth-order valence-electron chi connectivity index (χ4n) is 2.56. The van der Waals surface area contributed by atoms with Crippen LogP contribution in [0.2, 0.25) is 0 Å². The Balaban J connectivity index is 1.85. The molecular weight excluding hydrogens is 288 g/mol. The van der Waals surface area contributed by atoms with Gasteiger partial charge in [-0.15, -0.1) is 0 Å². The fourth-order valence-corrected chi connectivity index (χ4v) is 2.56. The number of aromatic nitrogens is 1. The monoisotopic (exact) mass is 306 g/mol. The van der Waals surface area contributed by atoms with Crippen molar-refractivity contribution < 1.29 is 4.79 Å². The molecule has 1 heterocycles. The number of aromatic amines is 1. The number of H-pyrrole nitrogens is 1. The highest BCUT2D eigenvalue weighted by atomic mass is 16.2. The predicted molar refractivity (Wildman–Crippen MR) is 93.0 cm³/mol. The number of fused-ring (bicyclic) bond motifs is 1. The number of benzene rings is 2. The smallest absolute Gasteiger partial charge is 0.261 e. The maximum atomic E-state index is 12.4. The number of aryl methyl sites for hydroxylation is 1. The van der Waals surface area contributed by atoms with Crippen LogP contribution < -0.4 is 10.9 Å². The van der Waals surface area contributed by atoms with Gasteiger partial charge < -0.3 is 10.3 Å². The topological polar surface area (TPSA) is 62.0 Å². The highest BCUT2D eigenvalue weighted by Gasteiger charge is 2.12. The van der Waals surface area contributed by atoms with Crippen LogP contribution in [0.25, 0.3) is 10.9 Å². The Labute approximate surface area is 134 Å². The van der Waals surface area contributed by atoms with Gasteiger partial charge in [0.1, 0.15) is 5.56 Å². The Bertz CT molecular complexity index is 895. The molecule has 2 N–H and O–H groups in total. The van der Waals surface area contributed by atoms with Crippen LogP contribution in [-0.2, 0) is 6.42 Å². The number of amides is 1. The molecule has 116 valence electrons. The third kappa shape index (κ3) is 3.31. The summed E-state index contributed by atoms with van der Waals surface area (Å²) in [5.41, 5.74) is 2.36. The molecule has 0 unspecified atom stereocenters. The molecule has 4 nitrogen and oxygen atoms in total. The van der Waals surface area contributed by atoms with E-state index in [2.05, 4.69) is 17.2 Å². The average Bonchev–Trinajstić information content (AvgIpc) is 2.56. The molecule has 0 saturated heterocycles. The van der Waals surface area contributed by atoms with Gasteiger partial charge in [-0.3, -0.25) is 9.59 Å². The maximum absolute atomic E-state index is 12.4. The standard InChI is InChI=1S/C19H18N2O2/c1-2-5-13-8-10-15(11-9-13)20-18(22)16-12-14-6-3-4-7-17(14)21-19(16)23/h3-4,6-12H,2,5H2,1H3,(H,20,22)(H,21,23). The van der Waals surface area contributed by atoms with Crippen molar-refractivity contribution in [3.05, 3.63) is 76.1 Å². The maximum Gasteiger partial charge on any atom is 0.261 e. The van der Waals surface area contributed by atoms with Gasteiger partial charge in [0.05, 0.1) is 0 Å². The van der Waals surface area contributed by atoms with Crippen molar-refractivity contribution in [1.82, 2.24) is 4.98 Å². The lowest BCUT2D eigenvalue weighted by atomic mass is 10.1. The molecule has 0 bridgehead atoms. The Kier molecular flexibility index (Phi) is 4.24. The zero-order valence-electron chi connectivity index (χ0n) is 12.9. The van der Waals surface area contributed by atoms with Gasteiger partial charge in [0, 0.05) is 11.2 Å². The summed E-state index contributed by atoms with van der Waals surface area (Å²) in [5.74, 6) is -0.403. The number of nitrogens with one attached hydrogen (secondary N) is 2. The van der Waals surface area contributed by atoms with Crippen LogP contribution in [0.5, 0.6) is 0 Å². The third-order valence-electron chi connectivity index (χ3n) is 3.75. The van der Waals surface area contributed by atoms with Gasteiger partial charge in [-0.05, 0) is 41.6 Å². The summed E-state index contributed by atoms with van der Waals surface area (Å²) < 4.78 is 0. The van der Waals surface area contributed by atoms with Crippen molar-refractivity contribution in [2.45, 2.75) is 19.8 Å². The number of para-hydroxylation sites is 1. The number of rotatable bonds is 4. The first-order valence-corrected chi connectivity index (χ1v) is 7.69. The van der Waals surface area contributed by atoms with Crippen molar-refractivity contribution in [3.63, 3.8) is 0 Å². The van der Waals surface area contributed by atoms with Crippen LogP contribution in [0.15, 0.2) is 59.4 Å². The van der Waals surface area contributed by atoms with Crippen LogP contribution in [0.4, 0.5) is 5.69 Å². The Morgan fingerprint density at radius 2 is 1.83 bits per heavy atom. The van der Waals surface area contributed by atoms with E-state index in [1.54, 1.807) is 6.07 Å². The SMILES string of the molecule is CCCc1ccc(NC(=O)c2cc3ccccc3[nH]c2=O)cc1. The molecule has 3 rings (SSSR count). The summed E-state index contributed by atoms with van der Waals surface area (Å²) in [6, 6.07) is 16.7. The van der Waals surface area contributed by atoms with Gasteiger partial charge in [0.25, 0.3) is 11.5 Å². The van der Waals surface area contributed by atoms with E-state index in [4.69, 9.17) is 0 Å². The zero-order chi connectivity index (χ0) is 16.2. The molecule has 0 radical (unpaired) electrons. The molecule has 0 fully saturated rings. The van der Waals surface area contributed by atoms with Crippen molar-refractivity contribution in [2.75, 3.05) is 5.32 Å². The first-order chi connectivity index (χ1) is 11.2. The van der Waals surface area contributed by atoms with Crippen molar-refractivity contribution in [2.24, 2.45) is 0 Å². The number of hydrogen-bond donors (Lipinski definition) is 2. The van der Waals surface area contributed by atoms with Gasteiger partial charge >= 0.3 is 0 Å². The van der Waals surface area contributed by atoms with Crippen LogP contribution in [-0.4, -0.2) is 10.9 Å². The normalized spacial score (nSPS) is 10.7. The van der Waals surface area contributed by atoms with E-state index in [0.29, 0.717) is 5.69 Å². The summed E-state index contributed by atoms with van der Waals surface area (Å²) >= 11 is 0. The first kappa shape index (κ1) is 15.0. The van der Waals surface area contributed by atoms with Gasteiger partial charge in [0.2, 0.25) is 0 Å². The van der Waals surface area contributed by atoms with Crippen molar-refractivity contribution in [1.29, 1.82) is 0 Å². The molecule has 0 aliphatic heterocycles. The summed E-state index contributed by atoms with van der Waals surface area (Å²) in [5, 5.41) is 3.60. The lowest BCUT2D eigenvalue weighted by molar-refractivity contribution is 0.102. The molecule has 1 amide bonds. The second kappa shape index (κ2) is 6.48. The molecule has 0 saturated carbocycles. The molecule has 1 aromatic heterocycles. The van der Waals surface area contributed by atoms with E-state index in [0.717, 1.165) is 23.7 Å². The molecule has 2 aromatic carbocycles. The quantitative estimate of drug-likeness (QED) is 0.771. The Morgan fingerprint density at radius 3 is 2.57 bits per heavy atom. The largest absolute Gasteiger partial charge is 0.322 e. The van der Waals surface area contributed by atoms with Gasteiger partial charge in [-0.25, -0.2) is 0 Å². The summed E-state index contributed by atoms with van der Waals surface area (Å²) in [4.78, 5) is 27.2. The number of anilines is 1. The summed E-state index contributed by atoms with van der Waals surface area (Å²) in [6.07, 6.45) is 2.09. The van der Waals surface area contributed by atoms with Crippen LogP contribution in [0.3, 0.4) is 0 Å². The molecule has 23 heavy (non-hydrogen) atoms. The summed E-state index contributed by atoms with van der Waals surface area (Å²) in [6.45, 7) is 2.13. The van der Waals surface area contributed by atoms with E-state index < -0.39 is 5.91 Å². The van der Waals surface area contributed by atoms with Gasteiger partial charge in [0.15, 0.2) is 0 Å². The van der Waals surface area contributed by atoms with Crippen molar-refractivity contribution >= 4 is 22.5 Å². The molecule has 0 aliphatic rings. The molecule has 0 atom stereocenters. The van der Waals surface area contributed by atoms with E-state index in [1.807, 2.05) is 48.5 Å². The molecule has 0 spiro atoms. The van der Waals surface area contributed by atoms with Crippen LogP contribution in [0, 0.1) is 0 Å². The number of pyridine rings is 1. The molecule has 0 aliphatic carbocycles. The van der Waals surface area contributed by atoms with E-state index >= 15 is 0 Å². The lowest BCUT2D eigenvalue weighted by Gasteiger charge is -2.07. The van der Waals surface area contributed by atoms with Crippen LogP contribution in [0.1, 0.15) is 29.3 Å². The number of hydrogen-bond acceptors (Lipinski definition) is 2. The zero-order valence-corrected chi connectivity index (χ0v) is 12.9. The molecular formula is C19H18N2O2. The number of carbonyl (C=O) groups is 1. The molecule has 3 aromatic rings. The average molecular weight is 306 g/mol. The molecule has 4 heteroatoms.